The third-order valence-electron chi connectivity index (χ3n) is 4.98. The second-order valence-corrected chi connectivity index (χ2v) is 8.45. The SMILES string of the molecule is COc1ccc(C(=O)c2ccc(C(C)(c3cccnc3)S(N)(=O)=O)n2C)cc1. The van der Waals surface area contributed by atoms with Gasteiger partial charge in [0.15, 0.2) is 0 Å². The number of carbonyl (C=O) groups excluding carboxylic acids is 1. The first-order valence-electron chi connectivity index (χ1n) is 8.48. The summed E-state index contributed by atoms with van der Waals surface area (Å²) in [5, 5.41) is 5.61. The fraction of sp³-hybridized carbons (Fsp3) is 0.200. The second kappa shape index (κ2) is 7.21. The summed E-state index contributed by atoms with van der Waals surface area (Å²) in [7, 11) is -0.875. The van der Waals surface area contributed by atoms with Gasteiger partial charge in [0, 0.05) is 30.7 Å². The lowest BCUT2D eigenvalue weighted by atomic mass is 9.98. The lowest BCUT2D eigenvalue weighted by Gasteiger charge is -2.28. The Balaban J connectivity index is 2.11. The Kier molecular flexibility index (Phi) is 5.10. The third-order valence-corrected chi connectivity index (χ3v) is 6.56. The van der Waals surface area contributed by atoms with E-state index in [0.29, 0.717) is 28.3 Å². The molecule has 3 aromatic rings. The van der Waals surface area contributed by atoms with Gasteiger partial charge in [-0.15, -0.1) is 0 Å². The van der Waals surface area contributed by atoms with E-state index in [1.807, 2.05) is 0 Å². The number of primary sulfonamides is 1. The lowest BCUT2D eigenvalue weighted by molar-refractivity contribution is 0.103. The molecule has 0 fully saturated rings. The molecule has 0 spiro atoms. The van der Waals surface area contributed by atoms with Crippen LogP contribution in [0.3, 0.4) is 0 Å². The van der Waals surface area contributed by atoms with Gasteiger partial charge in [0.25, 0.3) is 0 Å². The number of sulfonamides is 1. The Morgan fingerprint density at radius 3 is 2.36 bits per heavy atom. The molecular formula is C20H21N3O4S. The molecule has 0 bridgehead atoms. The molecule has 0 aliphatic carbocycles. The summed E-state index contributed by atoms with van der Waals surface area (Å²) in [6.45, 7) is 1.51. The van der Waals surface area contributed by atoms with E-state index < -0.39 is 14.8 Å². The molecule has 1 aromatic carbocycles. The first kappa shape index (κ1) is 19.8. The summed E-state index contributed by atoms with van der Waals surface area (Å²) < 4.78 is 30.2. The summed E-state index contributed by atoms with van der Waals surface area (Å²) in [6.07, 6.45) is 3.01. The zero-order valence-electron chi connectivity index (χ0n) is 15.8. The zero-order valence-corrected chi connectivity index (χ0v) is 16.6. The molecule has 0 aliphatic rings. The van der Waals surface area contributed by atoms with Crippen molar-refractivity contribution in [3.8, 4) is 5.75 Å². The minimum Gasteiger partial charge on any atom is -0.497 e. The number of ketones is 1. The number of methoxy groups -OCH3 is 1. The molecule has 28 heavy (non-hydrogen) atoms. The van der Waals surface area contributed by atoms with Crippen molar-refractivity contribution in [2.24, 2.45) is 12.2 Å². The van der Waals surface area contributed by atoms with Gasteiger partial charge >= 0.3 is 0 Å². The normalized spacial score (nSPS) is 13.7. The van der Waals surface area contributed by atoms with E-state index in [2.05, 4.69) is 4.98 Å². The number of pyridine rings is 1. The van der Waals surface area contributed by atoms with Gasteiger partial charge in [-0.2, -0.15) is 0 Å². The number of carbonyl (C=O) groups is 1. The minimum atomic E-state index is -4.07. The van der Waals surface area contributed by atoms with Crippen molar-refractivity contribution < 1.29 is 17.9 Å². The molecule has 2 N–H and O–H groups in total. The average Bonchev–Trinajstić information content (AvgIpc) is 3.08. The van der Waals surface area contributed by atoms with E-state index in [1.54, 1.807) is 73.5 Å². The average molecular weight is 399 g/mol. The molecule has 0 saturated heterocycles. The van der Waals surface area contributed by atoms with Gasteiger partial charge in [0.1, 0.15) is 10.5 Å². The summed E-state index contributed by atoms with van der Waals surface area (Å²) >= 11 is 0. The number of aromatic nitrogens is 2. The van der Waals surface area contributed by atoms with Gasteiger partial charge in [-0.05, 0) is 55.0 Å². The van der Waals surface area contributed by atoms with Crippen LogP contribution in [0.5, 0.6) is 5.75 Å². The maximum Gasteiger partial charge on any atom is 0.224 e. The monoisotopic (exact) mass is 399 g/mol. The van der Waals surface area contributed by atoms with Crippen molar-refractivity contribution in [3.63, 3.8) is 0 Å². The van der Waals surface area contributed by atoms with Gasteiger partial charge in [0.05, 0.1) is 12.8 Å². The summed E-state index contributed by atoms with van der Waals surface area (Å²) in [6, 6.07) is 13.2. The van der Waals surface area contributed by atoms with Crippen LogP contribution in [0.25, 0.3) is 0 Å². The predicted octanol–water partition coefficient (Wildman–Crippen LogP) is 2.21. The highest BCUT2D eigenvalue weighted by Gasteiger charge is 2.43. The largest absolute Gasteiger partial charge is 0.497 e. The number of benzene rings is 1. The second-order valence-electron chi connectivity index (χ2n) is 6.54. The molecule has 0 saturated carbocycles. The molecule has 0 aliphatic heterocycles. The van der Waals surface area contributed by atoms with Gasteiger partial charge in [-0.1, -0.05) is 6.07 Å². The number of hydrogen-bond donors (Lipinski definition) is 1. The highest BCUT2D eigenvalue weighted by Crippen LogP contribution is 2.36. The Hall–Kier alpha value is -2.97. The molecule has 1 unspecified atom stereocenters. The molecule has 0 radical (unpaired) electrons. The van der Waals surface area contributed by atoms with Crippen LogP contribution in [-0.4, -0.2) is 30.9 Å². The van der Waals surface area contributed by atoms with Crippen molar-refractivity contribution in [3.05, 3.63) is 83.4 Å². The quantitative estimate of drug-likeness (QED) is 0.640. The van der Waals surface area contributed by atoms with Crippen LogP contribution in [-0.2, 0) is 21.8 Å². The summed E-state index contributed by atoms with van der Waals surface area (Å²) in [5.41, 5.74) is 1.60. The Morgan fingerprint density at radius 2 is 1.82 bits per heavy atom. The Labute approximate surface area is 163 Å². The molecule has 0 amide bonds. The van der Waals surface area contributed by atoms with Crippen molar-refractivity contribution in [2.45, 2.75) is 11.7 Å². The van der Waals surface area contributed by atoms with Crippen LogP contribution in [0.15, 0.2) is 60.9 Å². The highest BCUT2D eigenvalue weighted by molar-refractivity contribution is 7.90. The van der Waals surface area contributed by atoms with Crippen LogP contribution in [0.2, 0.25) is 0 Å². The predicted molar refractivity (Wildman–Crippen MR) is 106 cm³/mol. The highest BCUT2D eigenvalue weighted by atomic mass is 32.2. The van der Waals surface area contributed by atoms with Crippen LogP contribution in [0.1, 0.15) is 34.2 Å². The molecule has 146 valence electrons. The van der Waals surface area contributed by atoms with Gasteiger partial charge in [-0.3, -0.25) is 9.78 Å². The molecule has 7 nitrogen and oxygen atoms in total. The maximum absolute atomic E-state index is 12.9. The van der Waals surface area contributed by atoms with Crippen LogP contribution in [0.4, 0.5) is 0 Å². The van der Waals surface area contributed by atoms with E-state index in [1.165, 1.54) is 13.1 Å². The van der Waals surface area contributed by atoms with E-state index in [-0.39, 0.29) is 5.78 Å². The van der Waals surface area contributed by atoms with Crippen LogP contribution < -0.4 is 9.88 Å². The molecule has 2 heterocycles. The standard InChI is InChI=1S/C20H21N3O4S/c1-20(28(21,25)26,15-5-4-12-22-13-15)18-11-10-17(23(18)2)19(24)14-6-8-16(27-3)9-7-14/h4-13H,1-3H3,(H2,21,25,26). The number of ether oxygens (including phenoxy) is 1. The van der Waals surface area contributed by atoms with E-state index in [0.717, 1.165) is 0 Å². The number of rotatable bonds is 6. The smallest absolute Gasteiger partial charge is 0.224 e. The fourth-order valence-electron chi connectivity index (χ4n) is 3.21. The number of nitrogens with two attached hydrogens (primary N) is 1. The molecule has 8 heteroatoms. The van der Waals surface area contributed by atoms with E-state index in [9.17, 15) is 13.2 Å². The first-order chi connectivity index (χ1) is 13.2. The van der Waals surface area contributed by atoms with E-state index >= 15 is 0 Å². The van der Waals surface area contributed by atoms with Crippen LogP contribution in [0, 0.1) is 0 Å². The number of hydrogen-bond acceptors (Lipinski definition) is 5. The molecule has 3 rings (SSSR count). The van der Waals surface area contributed by atoms with Crippen LogP contribution >= 0.6 is 0 Å². The van der Waals surface area contributed by atoms with Crippen molar-refractivity contribution in [1.29, 1.82) is 0 Å². The van der Waals surface area contributed by atoms with Crippen molar-refractivity contribution in [2.75, 3.05) is 7.11 Å². The van der Waals surface area contributed by atoms with Crippen molar-refractivity contribution >= 4 is 15.8 Å². The summed E-state index contributed by atoms with van der Waals surface area (Å²) in [4.78, 5) is 17.0. The molecular weight excluding hydrogens is 378 g/mol. The van der Waals surface area contributed by atoms with Gasteiger partial charge < -0.3 is 9.30 Å². The van der Waals surface area contributed by atoms with Crippen molar-refractivity contribution in [1.82, 2.24) is 9.55 Å². The Morgan fingerprint density at radius 1 is 1.14 bits per heavy atom. The number of nitrogens with zero attached hydrogens (tertiary/aromatic N) is 2. The topological polar surface area (TPSA) is 104 Å². The Bertz CT molecular complexity index is 1110. The summed E-state index contributed by atoms with van der Waals surface area (Å²) in [5.74, 6) is 0.404. The molecule has 2 aromatic heterocycles. The molecule has 1 atom stereocenters. The van der Waals surface area contributed by atoms with E-state index in [4.69, 9.17) is 9.88 Å². The zero-order chi connectivity index (χ0) is 20.5. The first-order valence-corrected chi connectivity index (χ1v) is 10.0. The lowest BCUT2D eigenvalue weighted by Crippen LogP contribution is -2.41. The third kappa shape index (κ3) is 3.21. The van der Waals surface area contributed by atoms with Gasteiger partial charge in [-0.25, -0.2) is 13.6 Å². The maximum atomic E-state index is 12.9. The fourth-order valence-corrected chi connectivity index (χ4v) is 4.16. The van der Waals surface area contributed by atoms with Gasteiger partial charge in [0.2, 0.25) is 15.8 Å². The minimum absolute atomic E-state index is 0.237.